The summed E-state index contributed by atoms with van der Waals surface area (Å²) in [5, 5.41) is 3.12. The van der Waals surface area contributed by atoms with Crippen LogP contribution in [-0.4, -0.2) is 23.5 Å². The van der Waals surface area contributed by atoms with Gasteiger partial charge in [-0.2, -0.15) is 0 Å². The summed E-state index contributed by atoms with van der Waals surface area (Å²) in [6, 6.07) is 7.68. The van der Waals surface area contributed by atoms with Gasteiger partial charge in [-0.05, 0) is 86.2 Å². The van der Waals surface area contributed by atoms with Gasteiger partial charge < -0.3 is 14.8 Å². The highest BCUT2D eigenvalue weighted by molar-refractivity contribution is 9.12. The average Bonchev–Trinajstić information content (AvgIpc) is 2.87. The fraction of sp³-hybridized carbons (Fsp3) is 0.462. The quantitative estimate of drug-likeness (QED) is 0.431. The molecule has 2 aliphatic heterocycles. The van der Waals surface area contributed by atoms with Crippen molar-refractivity contribution in [3.05, 3.63) is 64.3 Å². The maximum absolute atomic E-state index is 12.7. The molecule has 1 N–H and O–H groups in total. The molecular formula is C26H33BrN2O3. The Kier molecular flexibility index (Phi) is 7.65. The normalized spacial score (nSPS) is 22.4. The largest absolute Gasteiger partial charge is 0.484 e. The third-order valence-electron chi connectivity index (χ3n) is 5.47. The zero-order valence-electron chi connectivity index (χ0n) is 19.4. The van der Waals surface area contributed by atoms with E-state index >= 15 is 0 Å². The molecular weight excluding hydrogens is 468 g/mol. The van der Waals surface area contributed by atoms with Crippen LogP contribution in [0.4, 0.5) is 4.79 Å². The third-order valence-corrected chi connectivity index (χ3v) is 5.90. The smallest absolute Gasteiger partial charge is 0.408 e. The van der Waals surface area contributed by atoms with Gasteiger partial charge in [0, 0.05) is 22.0 Å². The number of fused-ring (bicyclic) bond motifs is 1. The summed E-state index contributed by atoms with van der Waals surface area (Å²) < 4.78 is 13.0. The Labute approximate surface area is 199 Å². The van der Waals surface area contributed by atoms with Crippen molar-refractivity contribution in [2.24, 2.45) is 4.99 Å². The second kappa shape index (κ2) is 10.1. The first kappa shape index (κ1) is 24.3. The lowest BCUT2D eigenvalue weighted by molar-refractivity contribution is 0.0173. The van der Waals surface area contributed by atoms with E-state index in [9.17, 15) is 4.79 Å². The zero-order chi connectivity index (χ0) is 23.4. The van der Waals surface area contributed by atoms with Crippen molar-refractivity contribution in [3.8, 4) is 5.75 Å². The molecule has 5 nitrogen and oxygen atoms in total. The SMILES string of the molecule is C=C1C=C(Br)C=NC(CCCC2(CCC)Oc3ccccc3[C@H]2NC(=O)OC(C)(C)C)=C1. The maximum atomic E-state index is 12.7. The molecule has 0 spiro atoms. The lowest BCUT2D eigenvalue weighted by Gasteiger charge is -2.35. The number of hydrogen-bond donors (Lipinski definition) is 1. The summed E-state index contributed by atoms with van der Waals surface area (Å²) in [7, 11) is 0. The van der Waals surface area contributed by atoms with Crippen LogP contribution in [0.3, 0.4) is 0 Å². The Morgan fingerprint density at radius 2 is 2.03 bits per heavy atom. The van der Waals surface area contributed by atoms with E-state index in [4.69, 9.17) is 9.47 Å². The fourth-order valence-electron chi connectivity index (χ4n) is 4.30. The van der Waals surface area contributed by atoms with E-state index < -0.39 is 17.3 Å². The Morgan fingerprint density at radius 3 is 2.75 bits per heavy atom. The number of aliphatic imine (C=N–C) groups is 1. The van der Waals surface area contributed by atoms with E-state index in [0.717, 1.165) is 59.2 Å². The molecule has 6 heteroatoms. The Morgan fingerprint density at radius 1 is 1.28 bits per heavy atom. The highest BCUT2D eigenvalue weighted by Gasteiger charge is 2.48. The van der Waals surface area contributed by atoms with Crippen LogP contribution < -0.4 is 10.1 Å². The number of alkyl carbamates (subject to hydrolysis) is 1. The van der Waals surface area contributed by atoms with E-state index in [2.05, 4.69) is 39.7 Å². The molecule has 2 heterocycles. The summed E-state index contributed by atoms with van der Waals surface area (Å²) in [5.41, 5.74) is 1.81. The van der Waals surface area contributed by atoms with Crippen LogP contribution in [0.5, 0.6) is 5.75 Å². The van der Waals surface area contributed by atoms with Crippen LogP contribution in [0.1, 0.15) is 71.4 Å². The monoisotopic (exact) mass is 500 g/mol. The van der Waals surface area contributed by atoms with Crippen molar-refractivity contribution in [3.63, 3.8) is 0 Å². The van der Waals surface area contributed by atoms with Crippen molar-refractivity contribution in [1.82, 2.24) is 5.32 Å². The second-order valence-corrected chi connectivity index (χ2v) is 10.3. The summed E-state index contributed by atoms with van der Waals surface area (Å²) in [6.07, 6.45) is 9.56. The van der Waals surface area contributed by atoms with Crippen molar-refractivity contribution in [1.29, 1.82) is 0 Å². The van der Waals surface area contributed by atoms with Gasteiger partial charge in [0.05, 0.1) is 0 Å². The summed E-state index contributed by atoms with van der Waals surface area (Å²) in [5.74, 6) is 0.829. The second-order valence-electron chi connectivity index (χ2n) is 9.39. The van der Waals surface area contributed by atoms with E-state index in [-0.39, 0.29) is 6.04 Å². The van der Waals surface area contributed by atoms with E-state index in [1.54, 1.807) is 6.21 Å². The first-order valence-electron chi connectivity index (χ1n) is 11.2. The highest BCUT2D eigenvalue weighted by atomic mass is 79.9. The number of nitrogens with zero attached hydrogens (tertiary/aromatic N) is 1. The predicted molar refractivity (Wildman–Crippen MR) is 133 cm³/mol. The molecule has 1 aromatic rings. The standard InChI is InChI=1S/C26H33BrN2O3/c1-6-13-26(14-9-10-20-16-18(2)15-19(27)17-28-20)23(29-24(30)32-25(3,4)5)21-11-7-8-12-22(21)31-26/h7-8,11-12,15-17,23H,2,6,9-10,13-14H2,1,3-5H3,(H,29,30)/t23-,26?/m1/s1. The summed E-state index contributed by atoms with van der Waals surface area (Å²) >= 11 is 3.47. The van der Waals surface area contributed by atoms with E-state index in [1.807, 2.05) is 57.2 Å². The van der Waals surface area contributed by atoms with Gasteiger partial charge in [0.25, 0.3) is 0 Å². The molecule has 1 aromatic carbocycles. The number of allylic oxidation sites excluding steroid dienone is 5. The minimum Gasteiger partial charge on any atom is -0.484 e. The van der Waals surface area contributed by atoms with Crippen LogP contribution >= 0.6 is 15.9 Å². The number of halogens is 1. The number of carbonyl (C=O) groups is 1. The van der Waals surface area contributed by atoms with Crippen LogP contribution in [0.25, 0.3) is 0 Å². The molecule has 0 saturated carbocycles. The molecule has 0 radical (unpaired) electrons. The minimum absolute atomic E-state index is 0.272. The Balaban J connectivity index is 1.79. The van der Waals surface area contributed by atoms with Crippen LogP contribution in [0, 0.1) is 0 Å². The molecule has 0 aliphatic carbocycles. The molecule has 3 rings (SSSR count). The molecule has 1 unspecified atom stereocenters. The molecule has 0 saturated heterocycles. The first-order chi connectivity index (χ1) is 15.1. The van der Waals surface area contributed by atoms with Gasteiger partial charge in [-0.1, -0.05) is 38.1 Å². The van der Waals surface area contributed by atoms with Crippen LogP contribution in [0.2, 0.25) is 0 Å². The van der Waals surface area contributed by atoms with Crippen LogP contribution in [0.15, 0.2) is 63.7 Å². The molecule has 1 amide bonds. The van der Waals surface area contributed by atoms with E-state index in [1.165, 1.54) is 0 Å². The number of hydrogen-bond acceptors (Lipinski definition) is 4. The van der Waals surface area contributed by atoms with Crippen molar-refractivity contribution in [2.75, 3.05) is 0 Å². The lowest BCUT2D eigenvalue weighted by Crippen LogP contribution is -2.47. The molecule has 0 aromatic heterocycles. The highest BCUT2D eigenvalue weighted by Crippen LogP contribution is 2.48. The van der Waals surface area contributed by atoms with Gasteiger partial charge in [0.2, 0.25) is 0 Å². The Bertz CT molecular complexity index is 958. The van der Waals surface area contributed by atoms with Gasteiger partial charge in [0.1, 0.15) is 23.0 Å². The van der Waals surface area contributed by atoms with Gasteiger partial charge >= 0.3 is 6.09 Å². The van der Waals surface area contributed by atoms with Gasteiger partial charge in [0.15, 0.2) is 0 Å². The molecule has 32 heavy (non-hydrogen) atoms. The molecule has 2 atom stereocenters. The first-order valence-corrected chi connectivity index (χ1v) is 12.0. The van der Waals surface area contributed by atoms with E-state index in [0.29, 0.717) is 0 Å². The number of benzene rings is 1. The number of para-hydroxylation sites is 1. The van der Waals surface area contributed by atoms with Crippen molar-refractivity contribution >= 4 is 28.2 Å². The topological polar surface area (TPSA) is 59.9 Å². The maximum Gasteiger partial charge on any atom is 0.408 e. The molecule has 172 valence electrons. The molecule has 0 fully saturated rings. The zero-order valence-corrected chi connectivity index (χ0v) is 21.0. The van der Waals surface area contributed by atoms with Crippen molar-refractivity contribution < 1.29 is 14.3 Å². The number of amides is 1. The Hall–Kier alpha value is -2.34. The number of nitrogens with one attached hydrogen (secondary N) is 1. The van der Waals surface area contributed by atoms with Gasteiger partial charge in [-0.25, -0.2) is 4.79 Å². The molecule has 0 bridgehead atoms. The predicted octanol–water partition coefficient (Wildman–Crippen LogP) is 7.16. The lowest BCUT2D eigenvalue weighted by atomic mass is 9.82. The number of carbonyl (C=O) groups excluding carboxylic acids is 1. The fourth-order valence-corrected chi connectivity index (χ4v) is 4.70. The average molecular weight is 501 g/mol. The molecule has 2 aliphatic rings. The number of rotatable bonds is 7. The minimum atomic E-state index is -0.564. The van der Waals surface area contributed by atoms with Gasteiger partial charge in [-0.3, -0.25) is 4.99 Å². The summed E-state index contributed by atoms with van der Waals surface area (Å²) in [6.45, 7) is 11.8. The van der Waals surface area contributed by atoms with Crippen molar-refractivity contribution in [2.45, 2.75) is 77.0 Å². The third kappa shape index (κ3) is 6.12. The van der Waals surface area contributed by atoms with Gasteiger partial charge in [-0.15, -0.1) is 0 Å². The summed E-state index contributed by atoms with van der Waals surface area (Å²) in [4.78, 5) is 17.3. The number of ether oxygens (including phenoxy) is 2. The van der Waals surface area contributed by atoms with Crippen LogP contribution in [-0.2, 0) is 4.74 Å².